The first kappa shape index (κ1) is 30.6. The molecule has 1 aliphatic carbocycles. The lowest BCUT2D eigenvalue weighted by Crippen LogP contribution is -2.49. The van der Waals surface area contributed by atoms with Gasteiger partial charge in [0.1, 0.15) is 5.82 Å². The molecule has 5 amide bonds. The van der Waals surface area contributed by atoms with E-state index < -0.39 is 17.6 Å². The zero-order valence-electron chi connectivity index (χ0n) is 25.0. The molecule has 3 heterocycles. The highest BCUT2D eigenvalue weighted by Gasteiger charge is 2.44. The first-order valence-electron chi connectivity index (χ1n) is 15.2. The van der Waals surface area contributed by atoms with E-state index >= 15 is 0 Å². The van der Waals surface area contributed by atoms with Gasteiger partial charge in [-0.25, -0.2) is 4.39 Å². The molecule has 12 heteroatoms. The minimum absolute atomic E-state index is 0.0149. The number of hydrogen-bond acceptors (Lipinski definition) is 7. The summed E-state index contributed by atoms with van der Waals surface area (Å²) in [5.74, 6) is -1.97. The van der Waals surface area contributed by atoms with E-state index in [1.165, 1.54) is 18.2 Å². The number of amides is 5. The molecule has 3 aliphatic rings. The van der Waals surface area contributed by atoms with Crippen molar-refractivity contribution in [1.82, 2.24) is 20.1 Å². The summed E-state index contributed by atoms with van der Waals surface area (Å²) < 4.78 is 14.8. The van der Waals surface area contributed by atoms with Crippen LogP contribution in [0.4, 0.5) is 15.8 Å². The quantitative estimate of drug-likeness (QED) is 0.332. The number of hydrogen-bond donors (Lipinski definition) is 2. The molecular weight excluding hydrogens is 591 g/mol. The van der Waals surface area contributed by atoms with E-state index in [9.17, 15) is 28.4 Å². The van der Waals surface area contributed by atoms with Gasteiger partial charge in [0.05, 0.1) is 0 Å². The molecule has 3 aromatic rings. The van der Waals surface area contributed by atoms with Gasteiger partial charge in [0.2, 0.25) is 11.8 Å². The highest BCUT2D eigenvalue weighted by Crippen LogP contribution is 2.47. The van der Waals surface area contributed by atoms with Gasteiger partial charge in [-0.05, 0) is 60.4 Å². The van der Waals surface area contributed by atoms with Crippen LogP contribution in [-0.4, -0.2) is 77.0 Å². The molecule has 0 bridgehead atoms. The van der Waals surface area contributed by atoms with Crippen molar-refractivity contribution in [3.63, 3.8) is 0 Å². The molecule has 1 aromatic heterocycles. The molecule has 2 aliphatic heterocycles. The average Bonchev–Trinajstić information content (AvgIpc) is 3.82. The lowest BCUT2D eigenvalue weighted by molar-refractivity contribution is -0.138. The Morgan fingerprint density at radius 3 is 2.35 bits per heavy atom. The summed E-state index contributed by atoms with van der Waals surface area (Å²) in [6.07, 6.45) is 6.68. The number of nitrogens with one attached hydrogen (secondary N) is 2. The molecule has 11 nitrogen and oxygen atoms in total. The van der Waals surface area contributed by atoms with Gasteiger partial charge in [0.25, 0.3) is 17.7 Å². The molecule has 0 spiro atoms. The number of pyridine rings is 1. The fraction of sp³-hybridized carbons (Fsp3) is 0.294. The van der Waals surface area contributed by atoms with Gasteiger partial charge in [-0.3, -0.25) is 33.9 Å². The van der Waals surface area contributed by atoms with Crippen LogP contribution in [0.3, 0.4) is 0 Å². The predicted octanol–water partition coefficient (Wildman–Crippen LogP) is 2.86. The zero-order chi connectivity index (χ0) is 32.2. The Kier molecular flexibility index (Phi) is 8.86. The molecule has 2 N–H and O–H groups in total. The second-order valence-corrected chi connectivity index (χ2v) is 11.5. The van der Waals surface area contributed by atoms with Gasteiger partial charge >= 0.3 is 0 Å². The minimum atomic E-state index is -0.527. The topological polar surface area (TPSA) is 132 Å². The van der Waals surface area contributed by atoms with Crippen LogP contribution in [0.5, 0.6) is 0 Å². The number of aromatic nitrogens is 1. The number of piperazine rings is 1. The molecule has 46 heavy (non-hydrogen) atoms. The van der Waals surface area contributed by atoms with Gasteiger partial charge in [-0.15, -0.1) is 0 Å². The summed E-state index contributed by atoms with van der Waals surface area (Å²) in [4.78, 5) is 70.4. The van der Waals surface area contributed by atoms with E-state index in [0.29, 0.717) is 43.0 Å². The summed E-state index contributed by atoms with van der Waals surface area (Å²) in [7, 11) is 0. The van der Waals surface area contributed by atoms with Crippen LogP contribution in [0.15, 0.2) is 79.1 Å². The largest absolute Gasteiger partial charge is 0.368 e. The van der Waals surface area contributed by atoms with Gasteiger partial charge < -0.3 is 20.4 Å². The number of anilines is 2. The summed E-state index contributed by atoms with van der Waals surface area (Å²) in [6.45, 7) is 2.25. The minimum Gasteiger partial charge on any atom is -0.368 e. The molecule has 2 atom stereocenters. The third-order valence-corrected chi connectivity index (χ3v) is 8.58. The van der Waals surface area contributed by atoms with E-state index in [4.69, 9.17) is 0 Å². The van der Waals surface area contributed by atoms with Gasteiger partial charge in [-0.2, -0.15) is 0 Å². The second kappa shape index (κ2) is 13.3. The Balaban J connectivity index is 0.936. The van der Waals surface area contributed by atoms with E-state index in [2.05, 4.69) is 20.5 Å². The number of carbonyl (C=O) groups excluding carboxylic acids is 5. The molecule has 0 unspecified atom stereocenters. The van der Waals surface area contributed by atoms with Crippen LogP contribution >= 0.6 is 0 Å². The predicted molar refractivity (Wildman–Crippen MR) is 167 cm³/mol. The average molecular weight is 625 g/mol. The maximum absolute atomic E-state index is 14.8. The number of benzene rings is 2. The van der Waals surface area contributed by atoms with Crippen molar-refractivity contribution >= 4 is 40.9 Å². The Bertz CT molecular complexity index is 1670. The van der Waals surface area contributed by atoms with Crippen molar-refractivity contribution in [2.45, 2.75) is 25.3 Å². The van der Waals surface area contributed by atoms with Crippen molar-refractivity contribution in [1.29, 1.82) is 0 Å². The first-order chi connectivity index (χ1) is 22.3. The number of nitrogens with zero attached hydrogens (tertiary/aromatic N) is 4. The summed E-state index contributed by atoms with van der Waals surface area (Å²) in [5.41, 5.74) is 3.01. The number of halogens is 1. The maximum atomic E-state index is 14.8. The lowest BCUT2D eigenvalue weighted by atomic mass is 10.1. The van der Waals surface area contributed by atoms with Crippen molar-refractivity contribution in [3.05, 3.63) is 102 Å². The van der Waals surface area contributed by atoms with E-state index in [0.717, 1.165) is 22.6 Å². The van der Waals surface area contributed by atoms with Crippen molar-refractivity contribution in [2.75, 3.05) is 42.9 Å². The lowest BCUT2D eigenvalue weighted by Gasteiger charge is -2.36. The zero-order valence-corrected chi connectivity index (χ0v) is 25.0. The van der Waals surface area contributed by atoms with Crippen LogP contribution < -0.4 is 15.5 Å². The molecule has 0 radical (unpaired) electrons. The molecular formula is C34H33FN6O5. The number of rotatable bonds is 10. The fourth-order valence-corrected chi connectivity index (χ4v) is 5.78. The van der Waals surface area contributed by atoms with Crippen LogP contribution in [0.1, 0.15) is 40.2 Å². The monoisotopic (exact) mass is 624 g/mol. The van der Waals surface area contributed by atoms with Crippen molar-refractivity contribution < 1.29 is 28.4 Å². The molecule has 6 rings (SSSR count). The second-order valence-electron chi connectivity index (χ2n) is 11.5. The van der Waals surface area contributed by atoms with Gasteiger partial charge in [0, 0.05) is 98.7 Å². The third-order valence-electron chi connectivity index (χ3n) is 8.58. The summed E-state index contributed by atoms with van der Waals surface area (Å²) in [6, 6.07) is 15.3. The van der Waals surface area contributed by atoms with Crippen LogP contribution in [0, 0.1) is 11.7 Å². The molecule has 2 aromatic carbocycles. The molecule has 1 saturated heterocycles. The maximum Gasteiger partial charge on any atom is 0.253 e. The SMILES string of the molecule is O=C(NCc1ccc(NC(=O)[C@H]2C[C@@H]2c2cccnc2)cc1F)c1ccc(N2CCN(C(=O)CCN3C(=O)C=CC3=O)CC2)cc1. The first-order valence-corrected chi connectivity index (χ1v) is 15.2. The highest BCUT2D eigenvalue weighted by molar-refractivity contribution is 6.13. The van der Waals surface area contributed by atoms with Crippen LogP contribution in [-0.2, 0) is 25.7 Å². The Morgan fingerprint density at radius 1 is 0.935 bits per heavy atom. The number of carbonyl (C=O) groups is 5. The summed E-state index contributed by atoms with van der Waals surface area (Å²) in [5, 5.41) is 5.53. The third kappa shape index (κ3) is 6.96. The number of imide groups is 1. The Morgan fingerprint density at radius 2 is 1.67 bits per heavy atom. The van der Waals surface area contributed by atoms with E-state index in [-0.39, 0.29) is 49.1 Å². The van der Waals surface area contributed by atoms with Gasteiger partial charge in [0.15, 0.2) is 0 Å². The van der Waals surface area contributed by atoms with Crippen molar-refractivity contribution in [2.24, 2.45) is 5.92 Å². The van der Waals surface area contributed by atoms with Crippen molar-refractivity contribution in [3.8, 4) is 0 Å². The highest BCUT2D eigenvalue weighted by atomic mass is 19.1. The molecule has 2 fully saturated rings. The molecule has 1 saturated carbocycles. The standard InChI is InChI=1S/C34H33FN6O5/c35-29-18-25(38-34(46)28-19-27(28)23-2-1-12-36-20-23)6-3-24(29)21-37-33(45)22-4-7-26(8-5-22)39-14-16-40(17-15-39)30(42)11-13-41-31(43)9-10-32(41)44/h1-10,12,18,20,27-28H,11,13-17,19,21H2,(H,37,45)(H,38,46)/t27-,28+/m1/s1. The Hall–Kier alpha value is -5.39. The Labute approximate surface area is 265 Å². The smallest absolute Gasteiger partial charge is 0.253 e. The fourth-order valence-electron chi connectivity index (χ4n) is 5.78. The van der Waals surface area contributed by atoms with E-state index in [1.54, 1.807) is 41.6 Å². The molecule has 236 valence electrons. The van der Waals surface area contributed by atoms with Crippen LogP contribution in [0.2, 0.25) is 0 Å². The summed E-state index contributed by atoms with van der Waals surface area (Å²) >= 11 is 0. The van der Waals surface area contributed by atoms with E-state index in [1.807, 2.05) is 24.3 Å². The van der Waals surface area contributed by atoms with Gasteiger partial charge in [-0.1, -0.05) is 12.1 Å². The van der Waals surface area contributed by atoms with Crippen LogP contribution in [0.25, 0.3) is 0 Å². The normalized spacial score (nSPS) is 18.9.